The Morgan fingerprint density at radius 2 is 1.96 bits per heavy atom. The molecule has 0 saturated heterocycles. The number of hydrogen-bond acceptors (Lipinski definition) is 4. The number of H-pyrrole nitrogens is 1. The molecule has 0 spiro atoms. The molecule has 2 atom stereocenters. The third-order valence-corrected chi connectivity index (χ3v) is 5.62. The average Bonchev–Trinajstić information content (AvgIpc) is 3.22. The van der Waals surface area contributed by atoms with Gasteiger partial charge < -0.3 is 5.11 Å². The zero-order chi connectivity index (χ0) is 15.4. The second-order valence-corrected chi connectivity index (χ2v) is 6.98. The van der Waals surface area contributed by atoms with Crippen LogP contribution in [0, 0.1) is 0 Å². The highest BCUT2D eigenvalue weighted by Gasteiger charge is 2.32. The van der Waals surface area contributed by atoms with Crippen molar-refractivity contribution in [2.75, 3.05) is 0 Å². The van der Waals surface area contributed by atoms with Crippen molar-refractivity contribution in [2.24, 2.45) is 0 Å². The van der Waals surface area contributed by atoms with Crippen molar-refractivity contribution >= 4 is 28.6 Å². The number of fused-ring (bicyclic) bond motifs is 4. The predicted molar refractivity (Wildman–Crippen MR) is 89.6 cm³/mol. The fourth-order valence-corrected chi connectivity index (χ4v) is 4.50. The first-order valence-electron chi connectivity index (χ1n) is 7.55. The van der Waals surface area contributed by atoms with E-state index in [0.717, 1.165) is 34.0 Å². The Kier molecular flexibility index (Phi) is 2.77. The monoisotopic (exact) mass is 322 g/mol. The molecule has 2 heterocycles. The number of aliphatic hydroxyl groups excluding tert-OH is 1. The van der Waals surface area contributed by atoms with Crippen molar-refractivity contribution in [1.29, 1.82) is 0 Å². The molecule has 0 aliphatic heterocycles. The number of aromatic nitrogens is 4. The predicted octanol–water partition coefficient (Wildman–Crippen LogP) is 2.96. The van der Waals surface area contributed by atoms with Gasteiger partial charge in [-0.3, -0.25) is 4.40 Å². The molecule has 0 bridgehead atoms. The van der Waals surface area contributed by atoms with E-state index >= 15 is 0 Å². The number of imidazole rings is 1. The molecule has 1 aliphatic rings. The second kappa shape index (κ2) is 4.84. The van der Waals surface area contributed by atoms with Crippen molar-refractivity contribution in [3.63, 3.8) is 0 Å². The molecule has 0 saturated carbocycles. The number of rotatable bonds is 2. The molecule has 2 aromatic heterocycles. The van der Waals surface area contributed by atoms with Crippen LogP contribution >= 0.6 is 11.8 Å². The third kappa shape index (κ3) is 1.92. The van der Waals surface area contributed by atoms with E-state index in [4.69, 9.17) is 0 Å². The third-order valence-electron chi connectivity index (χ3n) is 4.41. The van der Waals surface area contributed by atoms with Gasteiger partial charge in [0, 0.05) is 5.25 Å². The van der Waals surface area contributed by atoms with Gasteiger partial charge in [-0.2, -0.15) is 0 Å². The number of thioether (sulfide) groups is 1. The van der Waals surface area contributed by atoms with Gasteiger partial charge in [-0.15, -0.1) is 5.10 Å². The molecule has 2 aromatic carbocycles. The average molecular weight is 322 g/mol. The fourth-order valence-electron chi connectivity index (χ4n) is 3.30. The van der Waals surface area contributed by atoms with Crippen molar-refractivity contribution < 1.29 is 5.11 Å². The summed E-state index contributed by atoms with van der Waals surface area (Å²) in [6, 6.07) is 16.1. The summed E-state index contributed by atoms with van der Waals surface area (Å²) in [6.45, 7) is 0. The standard InChI is InChI=1S/C17H14N4OS/c22-15-11-6-2-1-5-10(11)9-14(15)23-17-20-19-16-18-12-7-3-4-8-13(12)21(16)17/h1-8,14-15,22H,9H2,(H,18,19)/t14-,15-/m1/s1. The lowest BCUT2D eigenvalue weighted by atomic mass is 10.1. The van der Waals surface area contributed by atoms with Gasteiger partial charge in [0.15, 0.2) is 5.16 Å². The van der Waals surface area contributed by atoms with E-state index < -0.39 is 6.10 Å². The second-order valence-electron chi connectivity index (χ2n) is 5.77. The first-order chi connectivity index (χ1) is 11.3. The lowest BCUT2D eigenvalue weighted by Gasteiger charge is -2.13. The zero-order valence-corrected chi connectivity index (χ0v) is 13.0. The Labute approximate surface area is 136 Å². The van der Waals surface area contributed by atoms with Crippen LogP contribution < -0.4 is 0 Å². The molecule has 0 radical (unpaired) electrons. The van der Waals surface area contributed by atoms with E-state index in [-0.39, 0.29) is 5.25 Å². The molecule has 23 heavy (non-hydrogen) atoms. The quantitative estimate of drug-likeness (QED) is 0.595. The lowest BCUT2D eigenvalue weighted by molar-refractivity contribution is 0.185. The summed E-state index contributed by atoms with van der Waals surface area (Å²) in [5, 5.41) is 18.9. The van der Waals surface area contributed by atoms with Gasteiger partial charge in [-0.25, -0.2) is 10.1 Å². The Morgan fingerprint density at radius 1 is 1.13 bits per heavy atom. The van der Waals surface area contributed by atoms with Gasteiger partial charge in [0.2, 0.25) is 5.78 Å². The van der Waals surface area contributed by atoms with Crippen LogP contribution in [0.1, 0.15) is 17.2 Å². The minimum Gasteiger partial charge on any atom is -0.387 e. The first-order valence-corrected chi connectivity index (χ1v) is 8.43. The fraction of sp³-hybridized carbons (Fsp3) is 0.176. The number of nitrogens with zero attached hydrogens (tertiary/aromatic N) is 3. The molecule has 4 aromatic rings. The van der Waals surface area contributed by atoms with Crippen molar-refractivity contribution in [1.82, 2.24) is 19.6 Å². The van der Waals surface area contributed by atoms with Gasteiger partial charge in [0.25, 0.3) is 0 Å². The van der Waals surface area contributed by atoms with Gasteiger partial charge in [0.1, 0.15) is 0 Å². The molecule has 5 nitrogen and oxygen atoms in total. The molecule has 1 aliphatic carbocycles. The van der Waals surface area contributed by atoms with Gasteiger partial charge >= 0.3 is 0 Å². The SMILES string of the molecule is O[C@@H]1c2ccccc2C[C@H]1Sc1n[nH]c2nc3ccccc3n12. The van der Waals surface area contributed by atoms with Crippen LogP contribution in [0.3, 0.4) is 0 Å². The summed E-state index contributed by atoms with van der Waals surface area (Å²) in [5.74, 6) is 0.735. The molecule has 114 valence electrons. The summed E-state index contributed by atoms with van der Waals surface area (Å²) in [5.41, 5.74) is 4.23. The van der Waals surface area contributed by atoms with E-state index in [0.29, 0.717) is 0 Å². The van der Waals surface area contributed by atoms with Crippen LogP contribution in [0.15, 0.2) is 53.7 Å². The zero-order valence-electron chi connectivity index (χ0n) is 12.2. The van der Waals surface area contributed by atoms with Crippen LogP contribution in [0.4, 0.5) is 0 Å². The van der Waals surface area contributed by atoms with Crippen LogP contribution in [-0.4, -0.2) is 29.9 Å². The highest BCUT2D eigenvalue weighted by Crippen LogP contribution is 2.41. The summed E-state index contributed by atoms with van der Waals surface area (Å²) in [6.07, 6.45) is 0.390. The maximum Gasteiger partial charge on any atom is 0.231 e. The van der Waals surface area contributed by atoms with Crippen LogP contribution in [0.5, 0.6) is 0 Å². The summed E-state index contributed by atoms with van der Waals surface area (Å²) in [7, 11) is 0. The molecular weight excluding hydrogens is 308 g/mol. The molecule has 5 rings (SSSR count). The number of benzene rings is 2. The van der Waals surface area contributed by atoms with Gasteiger partial charge in [-0.05, 0) is 29.7 Å². The number of hydrogen-bond donors (Lipinski definition) is 2. The highest BCUT2D eigenvalue weighted by atomic mass is 32.2. The lowest BCUT2D eigenvalue weighted by Crippen LogP contribution is -2.10. The van der Waals surface area contributed by atoms with Gasteiger partial charge in [-0.1, -0.05) is 48.2 Å². The topological polar surface area (TPSA) is 66.2 Å². The normalized spacial score (nSPS) is 20.4. The largest absolute Gasteiger partial charge is 0.387 e. The van der Waals surface area contributed by atoms with E-state index in [1.54, 1.807) is 11.8 Å². The smallest absolute Gasteiger partial charge is 0.231 e. The van der Waals surface area contributed by atoms with E-state index in [1.165, 1.54) is 5.56 Å². The molecule has 0 fully saturated rings. The van der Waals surface area contributed by atoms with Crippen LogP contribution in [-0.2, 0) is 6.42 Å². The minimum absolute atomic E-state index is 0.0695. The number of aromatic amines is 1. The number of nitrogens with one attached hydrogen (secondary N) is 1. The van der Waals surface area contributed by atoms with E-state index in [1.807, 2.05) is 46.9 Å². The Morgan fingerprint density at radius 3 is 2.87 bits per heavy atom. The number of aliphatic hydroxyl groups is 1. The summed E-state index contributed by atoms with van der Waals surface area (Å²) >= 11 is 1.60. The maximum atomic E-state index is 10.6. The van der Waals surface area contributed by atoms with Crippen LogP contribution in [0.2, 0.25) is 0 Å². The van der Waals surface area contributed by atoms with Crippen LogP contribution in [0.25, 0.3) is 16.8 Å². The molecule has 0 unspecified atom stereocenters. The van der Waals surface area contributed by atoms with Crippen molar-refractivity contribution in [2.45, 2.75) is 22.9 Å². The van der Waals surface area contributed by atoms with E-state index in [9.17, 15) is 5.11 Å². The highest BCUT2D eigenvalue weighted by molar-refractivity contribution is 7.99. The molecular formula is C17H14N4OS. The minimum atomic E-state index is -0.460. The first kappa shape index (κ1) is 13.2. The number of para-hydroxylation sites is 2. The molecule has 6 heteroatoms. The summed E-state index contributed by atoms with van der Waals surface area (Å²) < 4.78 is 2.02. The van der Waals surface area contributed by atoms with Crippen molar-refractivity contribution in [3.05, 3.63) is 59.7 Å². The molecule has 0 amide bonds. The maximum absolute atomic E-state index is 10.6. The van der Waals surface area contributed by atoms with Crippen molar-refractivity contribution in [3.8, 4) is 0 Å². The van der Waals surface area contributed by atoms with Gasteiger partial charge in [0.05, 0.1) is 17.1 Å². The Hall–Kier alpha value is -2.31. The van der Waals surface area contributed by atoms with E-state index in [2.05, 4.69) is 21.2 Å². The molecule has 2 N–H and O–H groups in total. The summed E-state index contributed by atoms with van der Waals surface area (Å²) in [4.78, 5) is 4.54. The Bertz CT molecular complexity index is 1020. The Balaban J connectivity index is 1.55.